The standard InChI is InChI=1S/C16H21N3OS/c1-10(16-11(2)18-19-12(16)3)17-15(20)9-13-5-7-14(21-4)8-6-13/h5-8,10H,9H2,1-4H3,(H,17,20)(H,18,19). The van der Waals surface area contributed by atoms with Gasteiger partial charge < -0.3 is 5.32 Å². The maximum atomic E-state index is 12.1. The number of rotatable bonds is 5. The second-order valence-corrected chi connectivity index (χ2v) is 6.04. The molecule has 0 radical (unpaired) electrons. The van der Waals surface area contributed by atoms with Crippen LogP contribution in [0.2, 0.25) is 0 Å². The number of nitrogens with one attached hydrogen (secondary N) is 2. The predicted octanol–water partition coefficient (Wildman–Crippen LogP) is 3.17. The molecular formula is C16H21N3OS. The van der Waals surface area contributed by atoms with E-state index < -0.39 is 0 Å². The van der Waals surface area contributed by atoms with Crippen LogP contribution in [0.15, 0.2) is 29.2 Å². The zero-order chi connectivity index (χ0) is 15.4. The van der Waals surface area contributed by atoms with Gasteiger partial charge in [0.2, 0.25) is 5.91 Å². The highest BCUT2D eigenvalue weighted by Gasteiger charge is 2.16. The minimum absolute atomic E-state index is 0.0272. The quantitative estimate of drug-likeness (QED) is 0.834. The number of aromatic amines is 1. The van der Waals surface area contributed by atoms with Crippen LogP contribution in [0, 0.1) is 13.8 Å². The van der Waals surface area contributed by atoms with Crippen molar-refractivity contribution in [2.45, 2.75) is 38.1 Å². The van der Waals surface area contributed by atoms with Crippen LogP contribution in [0.4, 0.5) is 0 Å². The molecule has 0 bridgehead atoms. The molecule has 0 fully saturated rings. The summed E-state index contributed by atoms with van der Waals surface area (Å²) in [5, 5.41) is 10.2. The molecule has 1 aromatic heterocycles. The van der Waals surface area contributed by atoms with E-state index in [2.05, 4.69) is 15.5 Å². The van der Waals surface area contributed by atoms with Crippen molar-refractivity contribution in [3.8, 4) is 0 Å². The highest BCUT2D eigenvalue weighted by atomic mass is 32.2. The number of hydrogen-bond donors (Lipinski definition) is 2. The van der Waals surface area contributed by atoms with Crippen molar-refractivity contribution >= 4 is 17.7 Å². The fourth-order valence-electron chi connectivity index (χ4n) is 2.49. The van der Waals surface area contributed by atoms with Gasteiger partial charge in [-0.3, -0.25) is 9.89 Å². The summed E-state index contributed by atoms with van der Waals surface area (Å²) in [6.45, 7) is 5.90. The van der Waals surface area contributed by atoms with Crippen LogP contribution in [0.25, 0.3) is 0 Å². The summed E-state index contributed by atoms with van der Waals surface area (Å²) in [4.78, 5) is 13.4. The van der Waals surface area contributed by atoms with Crippen LogP contribution in [0.3, 0.4) is 0 Å². The van der Waals surface area contributed by atoms with Crippen LogP contribution in [0.5, 0.6) is 0 Å². The van der Waals surface area contributed by atoms with Gasteiger partial charge in [-0.05, 0) is 44.7 Å². The molecule has 1 unspecified atom stereocenters. The van der Waals surface area contributed by atoms with E-state index in [0.717, 1.165) is 22.5 Å². The molecule has 1 amide bonds. The van der Waals surface area contributed by atoms with Crippen molar-refractivity contribution in [3.05, 3.63) is 46.8 Å². The lowest BCUT2D eigenvalue weighted by atomic mass is 10.1. The lowest BCUT2D eigenvalue weighted by Crippen LogP contribution is -2.28. The Morgan fingerprint density at radius 2 is 2.00 bits per heavy atom. The number of aromatic nitrogens is 2. The molecule has 5 heteroatoms. The Balaban J connectivity index is 1.98. The fourth-order valence-corrected chi connectivity index (χ4v) is 2.90. The Labute approximate surface area is 129 Å². The molecule has 2 aromatic rings. The summed E-state index contributed by atoms with van der Waals surface area (Å²) in [6.07, 6.45) is 2.44. The number of hydrogen-bond acceptors (Lipinski definition) is 3. The molecular weight excluding hydrogens is 282 g/mol. The number of H-pyrrole nitrogens is 1. The van der Waals surface area contributed by atoms with Gasteiger partial charge in [-0.2, -0.15) is 5.10 Å². The second kappa shape index (κ2) is 6.80. The molecule has 2 N–H and O–H groups in total. The topological polar surface area (TPSA) is 57.8 Å². The van der Waals surface area contributed by atoms with Gasteiger partial charge in [0, 0.05) is 16.2 Å². The van der Waals surface area contributed by atoms with Crippen molar-refractivity contribution in [3.63, 3.8) is 0 Å². The van der Waals surface area contributed by atoms with E-state index in [1.165, 1.54) is 4.90 Å². The molecule has 21 heavy (non-hydrogen) atoms. The third kappa shape index (κ3) is 3.88. The Bertz CT molecular complexity index is 599. The molecule has 1 aromatic carbocycles. The molecule has 0 aliphatic carbocycles. The molecule has 0 aliphatic heterocycles. The zero-order valence-corrected chi connectivity index (χ0v) is 13.7. The first-order valence-corrected chi connectivity index (χ1v) is 8.17. The minimum atomic E-state index is -0.0401. The number of carbonyl (C=O) groups is 1. The van der Waals surface area contributed by atoms with E-state index in [4.69, 9.17) is 0 Å². The maximum absolute atomic E-state index is 12.1. The van der Waals surface area contributed by atoms with Crippen molar-refractivity contribution < 1.29 is 4.79 Å². The van der Waals surface area contributed by atoms with E-state index in [1.807, 2.05) is 51.3 Å². The van der Waals surface area contributed by atoms with Crippen molar-refractivity contribution in [1.29, 1.82) is 0 Å². The van der Waals surface area contributed by atoms with Gasteiger partial charge in [-0.15, -0.1) is 11.8 Å². The number of thioether (sulfide) groups is 1. The van der Waals surface area contributed by atoms with Gasteiger partial charge in [0.15, 0.2) is 0 Å². The second-order valence-electron chi connectivity index (χ2n) is 5.16. The van der Waals surface area contributed by atoms with Gasteiger partial charge in [0.25, 0.3) is 0 Å². The first kappa shape index (κ1) is 15.6. The first-order valence-electron chi connectivity index (χ1n) is 6.95. The normalized spacial score (nSPS) is 12.2. The summed E-state index contributed by atoms with van der Waals surface area (Å²) in [5.41, 5.74) is 4.04. The summed E-state index contributed by atoms with van der Waals surface area (Å²) in [7, 11) is 0. The summed E-state index contributed by atoms with van der Waals surface area (Å²) < 4.78 is 0. The van der Waals surface area contributed by atoms with E-state index in [1.54, 1.807) is 11.8 Å². The molecule has 4 nitrogen and oxygen atoms in total. The van der Waals surface area contributed by atoms with Gasteiger partial charge in [-0.1, -0.05) is 12.1 Å². The van der Waals surface area contributed by atoms with E-state index in [9.17, 15) is 4.79 Å². The Kier molecular flexibility index (Phi) is 5.07. The SMILES string of the molecule is CSc1ccc(CC(=O)NC(C)c2c(C)n[nH]c2C)cc1. The third-order valence-electron chi connectivity index (χ3n) is 3.52. The van der Waals surface area contributed by atoms with Crippen molar-refractivity contribution in [2.24, 2.45) is 0 Å². The third-order valence-corrected chi connectivity index (χ3v) is 4.26. The minimum Gasteiger partial charge on any atom is -0.349 e. The van der Waals surface area contributed by atoms with Crippen LogP contribution < -0.4 is 5.32 Å². The molecule has 2 rings (SSSR count). The molecule has 1 heterocycles. The molecule has 0 saturated carbocycles. The lowest BCUT2D eigenvalue weighted by molar-refractivity contribution is -0.121. The summed E-state index contributed by atoms with van der Waals surface area (Å²) in [5.74, 6) is 0.0272. The maximum Gasteiger partial charge on any atom is 0.224 e. The molecule has 0 saturated heterocycles. The molecule has 0 aliphatic rings. The Hall–Kier alpha value is -1.75. The number of carbonyl (C=O) groups excluding carboxylic acids is 1. The molecule has 0 spiro atoms. The number of benzene rings is 1. The van der Waals surface area contributed by atoms with Gasteiger partial charge in [0.1, 0.15) is 0 Å². The summed E-state index contributed by atoms with van der Waals surface area (Å²) in [6, 6.07) is 8.05. The molecule has 112 valence electrons. The largest absolute Gasteiger partial charge is 0.349 e. The van der Waals surface area contributed by atoms with Crippen LogP contribution in [0.1, 0.15) is 35.5 Å². The van der Waals surface area contributed by atoms with E-state index >= 15 is 0 Å². The monoisotopic (exact) mass is 303 g/mol. The zero-order valence-electron chi connectivity index (χ0n) is 12.9. The van der Waals surface area contributed by atoms with Crippen LogP contribution >= 0.6 is 11.8 Å². The number of aryl methyl sites for hydroxylation is 2. The van der Waals surface area contributed by atoms with Gasteiger partial charge in [0.05, 0.1) is 18.2 Å². The van der Waals surface area contributed by atoms with Crippen molar-refractivity contribution in [1.82, 2.24) is 15.5 Å². The number of nitrogens with zero attached hydrogens (tertiary/aromatic N) is 1. The average Bonchev–Trinajstić information content (AvgIpc) is 2.78. The van der Waals surface area contributed by atoms with Gasteiger partial charge >= 0.3 is 0 Å². The first-order chi connectivity index (χ1) is 10.0. The Morgan fingerprint density at radius 1 is 1.33 bits per heavy atom. The number of amides is 1. The van der Waals surface area contributed by atoms with E-state index in [-0.39, 0.29) is 11.9 Å². The van der Waals surface area contributed by atoms with Crippen molar-refractivity contribution in [2.75, 3.05) is 6.26 Å². The van der Waals surface area contributed by atoms with Crippen LogP contribution in [-0.2, 0) is 11.2 Å². The van der Waals surface area contributed by atoms with Gasteiger partial charge in [-0.25, -0.2) is 0 Å². The average molecular weight is 303 g/mol. The van der Waals surface area contributed by atoms with Crippen LogP contribution in [-0.4, -0.2) is 22.4 Å². The highest BCUT2D eigenvalue weighted by molar-refractivity contribution is 7.98. The fraction of sp³-hybridized carbons (Fsp3) is 0.375. The predicted molar refractivity (Wildman–Crippen MR) is 86.5 cm³/mol. The Morgan fingerprint density at radius 3 is 2.52 bits per heavy atom. The summed E-state index contributed by atoms with van der Waals surface area (Å²) >= 11 is 1.70. The smallest absolute Gasteiger partial charge is 0.224 e. The highest BCUT2D eigenvalue weighted by Crippen LogP contribution is 2.19. The lowest BCUT2D eigenvalue weighted by Gasteiger charge is -2.14. The molecule has 1 atom stereocenters. The van der Waals surface area contributed by atoms with E-state index in [0.29, 0.717) is 6.42 Å².